The Bertz CT molecular complexity index is 790. The molecule has 0 atom stereocenters. The Morgan fingerprint density at radius 1 is 1.19 bits per heavy atom. The van der Waals surface area contributed by atoms with Crippen molar-refractivity contribution < 1.29 is 14.7 Å². The number of nitrogens with zero attached hydrogens (tertiary/aromatic N) is 2. The standard InChI is InChI=1S/C18H21N5O3/c24-14-2-1-6-21-16(14)18(26)23-15-10-12(3-9-20-15)11-22-17(25)13-4-7-19-8-5-13/h1-3,6,9-10,13,19,24H,4-5,7-8,11H2,(H,22,25)(H,20,23,26). The number of carbonyl (C=O) groups excluding carboxylic acids is 2. The van der Waals surface area contributed by atoms with Gasteiger partial charge in [-0.05, 0) is 55.8 Å². The molecule has 1 aliphatic rings. The summed E-state index contributed by atoms with van der Waals surface area (Å²) >= 11 is 0. The number of amides is 2. The third-order valence-electron chi connectivity index (χ3n) is 4.24. The van der Waals surface area contributed by atoms with E-state index >= 15 is 0 Å². The third kappa shape index (κ3) is 4.54. The summed E-state index contributed by atoms with van der Waals surface area (Å²) in [6, 6.07) is 6.38. The number of carbonyl (C=O) groups is 2. The summed E-state index contributed by atoms with van der Waals surface area (Å²) in [4.78, 5) is 32.3. The van der Waals surface area contributed by atoms with Crippen molar-refractivity contribution in [3.05, 3.63) is 47.9 Å². The molecule has 0 spiro atoms. The Kier molecular flexibility index (Phi) is 5.75. The second-order valence-corrected chi connectivity index (χ2v) is 6.12. The molecule has 1 aliphatic heterocycles. The van der Waals surface area contributed by atoms with Gasteiger partial charge in [-0.2, -0.15) is 0 Å². The normalized spacial score (nSPS) is 14.6. The number of nitrogens with one attached hydrogen (secondary N) is 3. The smallest absolute Gasteiger partial charge is 0.279 e. The number of aromatic nitrogens is 2. The fraction of sp³-hybridized carbons (Fsp3) is 0.333. The van der Waals surface area contributed by atoms with Gasteiger partial charge in [0.2, 0.25) is 5.91 Å². The van der Waals surface area contributed by atoms with Crippen molar-refractivity contribution in [2.45, 2.75) is 19.4 Å². The van der Waals surface area contributed by atoms with E-state index in [0.29, 0.717) is 12.4 Å². The number of anilines is 1. The van der Waals surface area contributed by atoms with Crippen molar-refractivity contribution >= 4 is 17.6 Å². The first-order valence-electron chi connectivity index (χ1n) is 8.52. The van der Waals surface area contributed by atoms with Crippen molar-refractivity contribution in [1.29, 1.82) is 0 Å². The number of hydrogen-bond acceptors (Lipinski definition) is 6. The second-order valence-electron chi connectivity index (χ2n) is 6.12. The van der Waals surface area contributed by atoms with E-state index in [-0.39, 0.29) is 23.3 Å². The summed E-state index contributed by atoms with van der Waals surface area (Å²) in [5.74, 6) is -0.327. The predicted octanol–water partition coefficient (Wildman–Crippen LogP) is 1.05. The minimum Gasteiger partial charge on any atom is -0.505 e. The molecule has 1 saturated heterocycles. The molecule has 8 heteroatoms. The van der Waals surface area contributed by atoms with Crippen molar-refractivity contribution in [3.63, 3.8) is 0 Å². The van der Waals surface area contributed by atoms with E-state index in [0.717, 1.165) is 31.5 Å². The summed E-state index contributed by atoms with van der Waals surface area (Å²) in [5, 5.41) is 18.4. The molecule has 8 nitrogen and oxygen atoms in total. The Balaban J connectivity index is 1.58. The van der Waals surface area contributed by atoms with Crippen LogP contribution in [-0.4, -0.2) is 40.0 Å². The van der Waals surface area contributed by atoms with Gasteiger partial charge in [0.1, 0.15) is 11.6 Å². The van der Waals surface area contributed by atoms with E-state index < -0.39 is 5.91 Å². The van der Waals surface area contributed by atoms with Crippen molar-refractivity contribution in [3.8, 4) is 5.75 Å². The van der Waals surface area contributed by atoms with Crippen LogP contribution in [0.1, 0.15) is 28.9 Å². The van der Waals surface area contributed by atoms with Crippen LogP contribution in [0.25, 0.3) is 0 Å². The highest BCUT2D eigenvalue weighted by Crippen LogP contribution is 2.15. The highest BCUT2D eigenvalue weighted by molar-refractivity contribution is 6.04. The zero-order valence-electron chi connectivity index (χ0n) is 14.2. The van der Waals surface area contributed by atoms with Crippen molar-refractivity contribution in [2.75, 3.05) is 18.4 Å². The Hall–Kier alpha value is -3.00. The molecule has 0 saturated carbocycles. The van der Waals surface area contributed by atoms with E-state index in [9.17, 15) is 14.7 Å². The van der Waals surface area contributed by atoms with Gasteiger partial charge in [0, 0.05) is 24.9 Å². The number of rotatable bonds is 5. The lowest BCUT2D eigenvalue weighted by atomic mass is 9.97. The molecule has 26 heavy (non-hydrogen) atoms. The van der Waals surface area contributed by atoms with Gasteiger partial charge in [-0.1, -0.05) is 0 Å². The lowest BCUT2D eigenvalue weighted by Gasteiger charge is -2.21. The molecule has 136 valence electrons. The lowest BCUT2D eigenvalue weighted by molar-refractivity contribution is -0.125. The van der Waals surface area contributed by atoms with E-state index in [1.54, 1.807) is 18.3 Å². The van der Waals surface area contributed by atoms with E-state index in [1.165, 1.54) is 18.3 Å². The van der Waals surface area contributed by atoms with Crippen LogP contribution in [0.15, 0.2) is 36.7 Å². The van der Waals surface area contributed by atoms with Gasteiger partial charge in [-0.3, -0.25) is 9.59 Å². The predicted molar refractivity (Wildman–Crippen MR) is 95.5 cm³/mol. The van der Waals surface area contributed by atoms with E-state index in [2.05, 4.69) is 25.9 Å². The number of hydrogen-bond donors (Lipinski definition) is 4. The van der Waals surface area contributed by atoms with Crippen LogP contribution < -0.4 is 16.0 Å². The van der Waals surface area contributed by atoms with Crippen LogP contribution in [0.5, 0.6) is 5.75 Å². The van der Waals surface area contributed by atoms with Gasteiger partial charge in [-0.25, -0.2) is 9.97 Å². The average Bonchev–Trinajstić information content (AvgIpc) is 2.67. The lowest BCUT2D eigenvalue weighted by Crippen LogP contribution is -2.37. The SMILES string of the molecule is O=C(Nc1cc(CNC(=O)C2CCNCC2)ccn1)c1ncccc1O. The molecule has 0 radical (unpaired) electrons. The number of pyridine rings is 2. The summed E-state index contributed by atoms with van der Waals surface area (Å²) in [5.41, 5.74) is 0.752. The quantitative estimate of drug-likeness (QED) is 0.637. The van der Waals surface area contributed by atoms with Crippen LogP contribution in [0.2, 0.25) is 0 Å². The molecule has 0 aromatic carbocycles. The van der Waals surface area contributed by atoms with E-state index in [1.807, 2.05) is 0 Å². The molecule has 3 rings (SSSR count). The highest BCUT2D eigenvalue weighted by atomic mass is 16.3. The highest BCUT2D eigenvalue weighted by Gasteiger charge is 2.20. The monoisotopic (exact) mass is 355 g/mol. The topological polar surface area (TPSA) is 116 Å². The molecule has 4 N–H and O–H groups in total. The fourth-order valence-electron chi connectivity index (χ4n) is 2.82. The molecule has 0 aliphatic carbocycles. The average molecular weight is 355 g/mol. The summed E-state index contributed by atoms with van der Waals surface area (Å²) in [6.07, 6.45) is 4.67. The molecule has 2 aromatic heterocycles. The Labute approximate surface area is 151 Å². The first kappa shape index (κ1) is 17.8. The van der Waals surface area contributed by atoms with Gasteiger partial charge >= 0.3 is 0 Å². The minimum atomic E-state index is -0.550. The van der Waals surface area contributed by atoms with Crippen LogP contribution >= 0.6 is 0 Å². The zero-order chi connectivity index (χ0) is 18.4. The third-order valence-corrected chi connectivity index (χ3v) is 4.24. The molecule has 0 unspecified atom stereocenters. The van der Waals surface area contributed by atoms with Crippen LogP contribution in [0.4, 0.5) is 5.82 Å². The summed E-state index contributed by atoms with van der Waals surface area (Å²) in [6.45, 7) is 2.09. The zero-order valence-corrected chi connectivity index (χ0v) is 14.2. The van der Waals surface area contributed by atoms with Gasteiger partial charge < -0.3 is 21.1 Å². The van der Waals surface area contributed by atoms with Crippen LogP contribution in [-0.2, 0) is 11.3 Å². The summed E-state index contributed by atoms with van der Waals surface area (Å²) in [7, 11) is 0. The van der Waals surface area contributed by atoms with Crippen molar-refractivity contribution in [2.24, 2.45) is 5.92 Å². The van der Waals surface area contributed by atoms with E-state index in [4.69, 9.17) is 0 Å². The first-order chi connectivity index (χ1) is 12.6. The minimum absolute atomic E-state index is 0.0457. The maximum atomic E-state index is 12.2. The first-order valence-corrected chi connectivity index (χ1v) is 8.52. The number of piperidine rings is 1. The Morgan fingerprint density at radius 3 is 2.77 bits per heavy atom. The van der Waals surface area contributed by atoms with Crippen LogP contribution in [0, 0.1) is 5.92 Å². The van der Waals surface area contributed by atoms with Gasteiger partial charge in [0.05, 0.1) is 0 Å². The van der Waals surface area contributed by atoms with Gasteiger partial charge in [0.15, 0.2) is 5.69 Å². The fourth-order valence-corrected chi connectivity index (χ4v) is 2.82. The molecule has 0 bridgehead atoms. The largest absolute Gasteiger partial charge is 0.505 e. The Morgan fingerprint density at radius 2 is 2.00 bits per heavy atom. The van der Waals surface area contributed by atoms with Crippen molar-refractivity contribution in [1.82, 2.24) is 20.6 Å². The molecule has 3 heterocycles. The number of aromatic hydroxyl groups is 1. The maximum Gasteiger partial charge on any atom is 0.279 e. The molecule has 2 amide bonds. The molecular formula is C18H21N5O3. The van der Waals surface area contributed by atoms with Crippen LogP contribution in [0.3, 0.4) is 0 Å². The maximum absolute atomic E-state index is 12.2. The van der Waals surface area contributed by atoms with Gasteiger partial charge in [-0.15, -0.1) is 0 Å². The van der Waals surface area contributed by atoms with Gasteiger partial charge in [0.25, 0.3) is 5.91 Å². The molecule has 1 fully saturated rings. The molecule has 2 aromatic rings. The second kappa shape index (κ2) is 8.39. The molecular weight excluding hydrogens is 334 g/mol. The summed E-state index contributed by atoms with van der Waals surface area (Å²) < 4.78 is 0.